The largest absolute Gasteiger partial charge is 0.493 e. The van der Waals surface area contributed by atoms with E-state index in [4.69, 9.17) is 9.47 Å². The Hall–Kier alpha value is -2.40. The number of allylic oxidation sites excluding steroid dienone is 1. The number of benzene rings is 2. The van der Waals surface area contributed by atoms with Gasteiger partial charge in [0.05, 0.1) is 14.2 Å². The Morgan fingerprint density at radius 2 is 1.92 bits per heavy atom. The molecule has 0 radical (unpaired) electrons. The predicted octanol–water partition coefficient (Wildman–Crippen LogP) is 4.40. The molecule has 0 unspecified atom stereocenters. The molecule has 1 N–H and O–H groups in total. The van der Waals surface area contributed by atoms with E-state index in [2.05, 4.69) is 17.4 Å². The Balaban J connectivity index is 1.93. The quantitative estimate of drug-likeness (QED) is 0.664. The second kappa shape index (κ2) is 10.6. The number of carbonyl (C=O) groups is 1. The van der Waals surface area contributed by atoms with Crippen LogP contribution < -0.4 is 14.8 Å². The first kappa shape index (κ1) is 19.9. The molecule has 0 saturated heterocycles. The van der Waals surface area contributed by atoms with Gasteiger partial charge in [-0.2, -0.15) is 11.8 Å². The Labute approximate surface area is 159 Å². The fraction of sp³-hybridized carbons (Fsp3) is 0.286. The lowest BCUT2D eigenvalue weighted by atomic mass is 10.1. The van der Waals surface area contributed by atoms with Crippen LogP contribution in [0.2, 0.25) is 0 Å². The van der Waals surface area contributed by atoms with Gasteiger partial charge in [0.25, 0.3) is 5.91 Å². The van der Waals surface area contributed by atoms with Crippen LogP contribution in [0.5, 0.6) is 11.5 Å². The van der Waals surface area contributed by atoms with E-state index in [-0.39, 0.29) is 5.91 Å². The molecule has 0 fully saturated rings. The van der Waals surface area contributed by atoms with Crippen molar-refractivity contribution in [3.8, 4) is 11.5 Å². The summed E-state index contributed by atoms with van der Waals surface area (Å²) in [6, 6.07) is 13.8. The van der Waals surface area contributed by atoms with Crippen molar-refractivity contribution >= 4 is 23.7 Å². The van der Waals surface area contributed by atoms with E-state index in [1.54, 1.807) is 32.0 Å². The first-order valence-electron chi connectivity index (χ1n) is 8.48. The van der Waals surface area contributed by atoms with Crippen molar-refractivity contribution in [2.75, 3.05) is 26.5 Å². The van der Waals surface area contributed by atoms with Crippen molar-refractivity contribution in [2.45, 2.75) is 12.7 Å². The molecule has 0 heterocycles. The van der Waals surface area contributed by atoms with Gasteiger partial charge < -0.3 is 14.8 Å². The first-order valence-corrected chi connectivity index (χ1v) is 9.63. The van der Waals surface area contributed by atoms with Gasteiger partial charge in [-0.05, 0) is 24.6 Å². The van der Waals surface area contributed by atoms with Crippen LogP contribution in [0.25, 0.3) is 6.08 Å². The van der Waals surface area contributed by atoms with E-state index in [1.807, 2.05) is 43.3 Å². The lowest BCUT2D eigenvalue weighted by Crippen LogP contribution is -2.26. The van der Waals surface area contributed by atoms with Gasteiger partial charge in [0.2, 0.25) is 0 Å². The van der Waals surface area contributed by atoms with Gasteiger partial charge in [-0.15, -0.1) is 0 Å². The Morgan fingerprint density at radius 3 is 2.58 bits per heavy atom. The molecule has 0 spiro atoms. The number of hydrogen-bond acceptors (Lipinski definition) is 4. The minimum Gasteiger partial charge on any atom is -0.493 e. The highest BCUT2D eigenvalue weighted by Gasteiger charge is 2.14. The zero-order valence-electron chi connectivity index (χ0n) is 15.5. The average molecular weight is 372 g/mol. The third-order valence-corrected chi connectivity index (χ3v) is 4.79. The molecular weight excluding hydrogens is 346 g/mol. The second-order valence-corrected chi connectivity index (χ2v) is 6.70. The van der Waals surface area contributed by atoms with Crippen molar-refractivity contribution < 1.29 is 14.3 Å². The van der Waals surface area contributed by atoms with E-state index in [0.717, 1.165) is 17.1 Å². The highest BCUT2D eigenvalue weighted by molar-refractivity contribution is 7.98. The van der Waals surface area contributed by atoms with Crippen LogP contribution >= 0.6 is 11.8 Å². The molecular formula is C21H25NO3S. The van der Waals surface area contributed by atoms with Crippen molar-refractivity contribution in [3.63, 3.8) is 0 Å². The van der Waals surface area contributed by atoms with Gasteiger partial charge in [-0.25, -0.2) is 0 Å². The van der Waals surface area contributed by atoms with Crippen LogP contribution in [0.1, 0.15) is 28.4 Å². The molecule has 4 nitrogen and oxygen atoms in total. The molecule has 1 amide bonds. The summed E-state index contributed by atoms with van der Waals surface area (Å²) >= 11 is 1.80. The molecule has 0 aliphatic carbocycles. The SMILES string of the molecule is C/C=C/c1cc(C(=O)NCCSCc2ccccc2)cc(OC)c1OC. The normalized spacial score (nSPS) is 10.7. The molecule has 0 saturated carbocycles. The third-order valence-electron chi connectivity index (χ3n) is 3.76. The lowest BCUT2D eigenvalue weighted by Gasteiger charge is -2.13. The molecule has 0 aliphatic heterocycles. The van der Waals surface area contributed by atoms with Crippen molar-refractivity contribution in [1.29, 1.82) is 0 Å². The van der Waals surface area contributed by atoms with E-state index in [0.29, 0.717) is 23.6 Å². The van der Waals surface area contributed by atoms with E-state index < -0.39 is 0 Å². The van der Waals surface area contributed by atoms with Crippen LogP contribution in [0.15, 0.2) is 48.5 Å². The van der Waals surface area contributed by atoms with Crippen molar-refractivity contribution in [3.05, 3.63) is 65.2 Å². The predicted molar refractivity (Wildman–Crippen MR) is 109 cm³/mol. The van der Waals surface area contributed by atoms with E-state index in [9.17, 15) is 4.79 Å². The van der Waals surface area contributed by atoms with Crippen LogP contribution in [-0.2, 0) is 5.75 Å². The molecule has 26 heavy (non-hydrogen) atoms. The number of thioether (sulfide) groups is 1. The maximum absolute atomic E-state index is 12.5. The van der Waals surface area contributed by atoms with E-state index in [1.165, 1.54) is 5.56 Å². The number of rotatable bonds is 9. The standard InChI is InChI=1S/C21H25NO3S/c1-4-8-17-13-18(14-19(24-2)20(17)25-3)21(23)22-11-12-26-15-16-9-6-5-7-10-16/h4-10,13-14H,11-12,15H2,1-3H3,(H,22,23)/b8-4+. The van der Waals surface area contributed by atoms with Crippen molar-refractivity contribution in [2.24, 2.45) is 0 Å². The topological polar surface area (TPSA) is 47.6 Å². The Morgan fingerprint density at radius 1 is 1.15 bits per heavy atom. The summed E-state index contributed by atoms with van der Waals surface area (Å²) in [5, 5.41) is 2.96. The molecule has 2 aromatic rings. The maximum atomic E-state index is 12.5. The van der Waals surface area contributed by atoms with Gasteiger partial charge in [-0.3, -0.25) is 4.79 Å². The lowest BCUT2D eigenvalue weighted by molar-refractivity contribution is 0.0955. The summed E-state index contributed by atoms with van der Waals surface area (Å²) in [5.74, 6) is 2.86. The monoisotopic (exact) mass is 371 g/mol. The number of carbonyl (C=O) groups excluding carboxylic acids is 1. The van der Waals surface area contributed by atoms with Gasteiger partial charge in [-0.1, -0.05) is 42.5 Å². The summed E-state index contributed by atoms with van der Waals surface area (Å²) < 4.78 is 10.8. The zero-order valence-corrected chi connectivity index (χ0v) is 16.3. The average Bonchev–Trinajstić information content (AvgIpc) is 2.68. The molecule has 138 valence electrons. The summed E-state index contributed by atoms with van der Waals surface area (Å²) in [6.07, 6.45) is 3.80. The van der Waals surface area contributed by atoms with Crippen LogP contribution in [-0.4, -0.2) is 32.4 Å². The number of methoxy groups -OCH3 is 2. The Bertz CT molecular complexity index is 744. The maximum Gasteiger partial charge on any atom is 0.251 e. The Kier molecular flexibility index (Phi) is 8.09. The first-order chi connectivity index (χ1) is 12.7. The van der Waals surface area contributed by atoms with Crippen LogP contribution in [0.4, 0.5) is 0 Å². The van der Waals surface area contributed by atoms with Gasteiger partial charge >= 0.3 is 0 Å². The summed E-state index contributed by atoms with van der Waals surface area (Å²) in [7, 11) is 3.16. The van der Waals surface area contributed by atoms with E-state index >= 15 is 0 Å². The number of nitrogens with one attached hydrogen (secondary N) is 1. The van der Waals surface area contributed by atoms with Gasteiger partial charge in [0.1, 0.15) is 0 Å². The molecule has 2 rings (SSSR count). The highest BCUT2D eigenvalue weighted by atomic mass is 32.2. The molecule has 2 aromatic carbocycles. The minimum atomic E-state index is -0.114. The highest BCUT2D eigenvalue weighted by Crippen LogP contribution is 2.33. The smallest absolute Gasteiger partial charge is 0.251 e. The molecule has 0 atom stereocenters. The van der Waals surface area contributed by atoms with Gasteiger partial charge in [0, 0.05) is 29.2 Å². The summed E-state index contributed by atoms with van der Waals surface area (Å²) in [6.45, 7) is 2.53. The van der Waals surface area contributed by atoms with Crippen LogP contribution in [0, 0.1) is 0 Å². The summed E-state index contributed by atoms with van der Waals surface area (Å²) in [5.41, 5.74) is 2.67. The molecule has 0 aliphatic rings. The molecule has 0 bridgehead atoms. The molecule has 0 aromatic heterocycles. The zero-order chi connectivity index (χ0) is 18.8. The fourth-order valence-corrected chi connectivity index (χ4v) is 3.35. The third kappa shape index (κ3) is 5.56. The molecule has 5 heteroatoms. The second-order valence-electron chi connectivity index (χ2n) is 5.60. The minimum absolute atomic E-state index is 0.114. The summed E-state index contributed by atoms with van der Waals surface area (Å²) in [4.78, 5) is 12.5. The van der Waals surface area contributed by atoms with Crippen LogP contribution in [0.3, 0.4) is 0 Å². The van der Waals surface area contributed by atoms with Gasteiger partial charge in [0.15, 0.2) is 11.5 Å². The number of hydrogen-bond donors (Lipinski definition) is 1. The fourth-order valence-electron chi connectivity index (χ4n) is 2.53. The number of amides is 1. The number of ether oxygens (including phenoxy) is 2. The van der Waals surface area contributed by atoms with Crippen molar-refractivity contribution in [1.82, 2.24) is 5.32 Å².